The van der Waals surface area contributed by atoms with Crippen LogP contribution in [-0.2, 0) is 9.53 Å². The summed E-state index contributed by atoms with van der Waals surface area (Å²) in [5, 5.41) is 7.19. The molecule has 0 spiro atoms. The van der Waals surface area contributed by atoms with Gasteiger partial charge in [0.05, 0.1) is 28.3 Å². The lowest BCUT2D eigenvalue weighted by Crippen LogP contribution is -2.45. The molecule has 0 saturated carbocycles. The average molecular weight is 345 g/mol. The number of esters is 1. The number of hydrogen-bond acceptors (Lipinski definition) is 3. The molecule has 0 aromatic heterocycles. The van der Waals surface area contributed by atoms with Crippen molar-refractivity contribution in [2.75, 3.05) is 6.61 Å². The van der Waals surface area contributed by atoms with E-state index in [1.54, 1.807) is 32.0 Å². The molecule has 0 saturated heterocycles. The lowest BCUT2D eigenvalue weighted by atomic mass is 9.95. The van der Waals surface area contributed by atoms with Gasteiger partial charge in [-0.15, -0.1) is 0 Å². The maximum atomic E-state index is 12.2. The minimum atomic E-state index is -0.496. The van der Waals surface area contributed by atoms with E-state index < -0.39 is 12.0 Å². The number of thiocarbonyl (C=S) groups is 1. The van der Waals surface area contributed by atoms with E-state index in [-0.39, 0.29) is 6.61 Å². The maximum absolute atomic E-state index is 12.2. The fourth-order valence-corrected chi connectivity index (χ4v) is 2.84. The summed E-state index contributed by atoms with van der Waals surface area (Å²) < 4.78 is 5.11. The van der Waals surface area contributed by atoms with Gasteiger partial charge in [-0.05, 0) is 37.7 Å². The lowest BCUT2D eigenvalue weighted by molar-refractivity contribution is -0.139. The van der Waals surface area contributed by atoms with Crippen LogP contribution in [0.15, 0.2) is 29.5 Å². The van der Waals surface area contributed by atoms with Crippen molar-refractivity contribution in [3.05, 3.63) is 45.1 Å². The Morgan fingerprint density at radius 1 is 1.43 bits per heavy atom. The van der Waals surface area contributed by atoms with E-state index in [1.807, 2.05) is 0 Å². The van der Waals surface area contributed by atoms with E-state index in [4.69, 9.17) is 40.2 Å². The molecule has 2 rings (SSSR count). The van der Waals surface area contributed by atoms with Crippen molar-refractivity contribution in [2.24, 2.45) is 0 Å². The lowest BCUT2D eigenvalue weighted by Gasteiger charge is -2.30. The van der Waals surface area contributed by atoms with E-state index in [9.17, 15) is 4.79 Å². The Morgan fingerprint density at radius 3 is 2.81 bits per heavy atom. The van der Waals surface area contributed by atoms with Gasteiger partial charge in [0.15, 0.2) is 5.11 Å². The second kappa shape index (κ2) is 6.64. The molecule has 2 N–H and O–H groups in total. The standard InChI is InChI=1S/C14H14Cl2N2O2S/c1-3-20-13(19)10-7(2)17-14(21)18-12(10)8-5-4-6-9(15)11(8)16/h4-6,12H,3H2,1-2H3,(H2,17,18,21)/t12-/m0/s1. The van der Waals surface area contributed by atoms with Crippen LogP contribution in [0.25, 0.3) is 0 Å². The minimum absolute atomic E-state index is 0.288. The number of hydrogen-bond donors (Lipinski definition) is 2. The predicted molar refractivity (Wildman–Crippen MR) is 87.4 cm³/mol. The van der Waals surface area contributed by atoms with Gasteiger partial charge < -0.3 is 15.4 Å². The van der Waals surface area contributed by atoms with Gasteiger partial charge in [-0.25, -0.2) is 4.79 Å². The Labute approximate surface area is 138 Å². The van der Waals surface area contributed by atoms with Gasteiger partial charge in [-0.3, -0.25) is 0 Å². The highest BCUT2D eigenvalue weighted by Gasteiger charge is 2.32. The zero-order chi connectivity index (χ0) is 15.6. The van der Waals surface area contributed by atoms with E-state index in [1.165, 1.54) is 0 Å². The number of allylic oxidation sites excluding steroid dienone is 1. The Kier molecular flexibility index (Phi) is 5.08. The van der Waals surface area contributed by atoms with Gasteiger partial charge in [0.1, 0.15) is 0 Å². The molecule has 1 aliphatic heterocycles. The van der Waals surface area contributed by atoms with Crippen LogP contribution < -0.4 is 10.6 Å². The SMILES string of the molecule is CCOC(=O)C1=C(C)NC(=S)N[C@H]1c1cccc(Cl)c1Cl. The van der Waals surface area contributed by atoms with Gasteiger partial charge in [0.25, 0.3) is 0 Å². The molecule has 0 aliphatic carbocycles. The van der Waals surface area contributed by atoms with Gasteiger partial charge in [0.2, 0.25) is 0 Å². The molecule has 1 heterocycles. The predicted octanol–water partition coefficient (Wildman–Crippen LogP) is 3.35. The topological polar surface area (TPSA) is 50.4 Å². The fourth-order valence-electron chi connectivity index (χ4n) is 2.15. The Bertz CT molecular complexity index is 631. The largest absolute Gasteiger partial charge is 0.463 e. The number of benzene rings is 1. The molecule has 1 aliphatic rings. The number of nitrogens with one attached hydrogen (secondary N) is 2. The number of halogens is 2. The zero-order valence-electron chi connectivity index (χ0n) is 11.5. The molecule has 21 heavy (non-hydrogen) atoms. The smallest absolute Gasteiger partial charge is 0.338 e. The van der Waals surface area contributed by atoms with Crippen LogP contribution in [0.4, 0.5) is 0 Å². The molecule has 1 atom stereocenters. The molecule has 0 fully saturated rings. The highest BCUT2D eigenvalue weighted by atomic mass is 35.5. The van der Waals surface area contributed by atoms with Gasteiger partial charge >= 0.3 is 5.97 Å². The summed E-state index contributed by atoms with van der Waals surface area (Å²) in [5.74, 6) is -0.418. The van der Waals surface area contributed by atoms with Crippen LogP contribution in [0.2, 0.25) is 10.0 Å². The quantitative estimate of drug-likeness (QED) is 0.650. The normalized spacial score (nSPS) is 18.1. The number of rotatable bonds is 3. The second-order valence-corrected chi connectivity index (χ2v) is 5.63. The summed E-state index contributed by atoms with van der Waals surface area (Å²) in [5.41, 5.74) is 1.75. The van der Waals surface area contributed by atoms with Crippen LogP contribution in [0.3, 0.4) is 0 Å². The molecule has 112 valence electrons. The third-order valence-electron chi connectivity index (χ3n) is 3.06. The summed E-state index contributed by atoms with van der Waals surface area (Å²) in [7, 11) is 0. The Hall–Kier alpha value is -1.30. The highest BCUT2D eigenvalue weighted by Crippen LogP contribution is 2.35. The first kappa shape index (κ1) is 16.1. The van der Waals surface area contributed by atoms with E-state index in [2.05, 4.69) is 10.6 Å². The summed E-state index contributed by atoms with van der Waals surface area (Å²) >= 11 is 17.5. The molecule has 1 aromatic carbocycles. The van der Waals surface area contributed by atoms with Crippen LogP contribution in [-0.4, -0.2) is 17.7 Å². The summed E-state index contributed by atoms with van der Waals surface area (Å²) in [6.07, 6.45) is 0. The fraction of sp³-hybridized carbons (Fsp3) is 0.286. The highest BCUT2D eigenvalue weighted by molar-refractivity contribution is 7.80. The minimum Gasteiger partial charge on any atom is -0.463 e. The van der Waals surface area contributed by atoms with Crippen molar-refractivity contribution in [2.45, 2.75) is 19.9 Å². The first-order valence-corrected chi connectivity index (χ1v) is 7.51. The van der Waals surface area contributed by atoms with Gasteiger partial charge in [-0.2, -0.15) is 0 Å². The number of carbonyl (C=O) groups is 1. The van der Waals surface area contributed by atoms with Crippen molar-refractivity contribution in [1.82, 2.24) is 10.6 Å². The number of ether oxygens (including phenoxy) is 1. The first-order chi connectivity index (χ1) is 9.95. The number of carbonyl (C=O) groups excluding carboxylic acids is 1. The molecule has 4 nitrogen and oxygen atoms in total. The molecule has 1 aromatic rings. The van der Waals surface area contributed by atoms with Gasteiger partial charge in [0, 0.05) is 5.70 Å². The van der Waals surface area contributed by atoms with Crippen molar-refractivity contribution in [3.8, 4) is 0 Å². The van der Waals surface area contributed by atoms with Crippen LogP contribution in [0.5, 0.6) is 0 Å². The third-order valence-corrected chi connectivity index (χ3v) is 4.11. The molecule has 0 radical (unpaired) electrons. The van der Waals surface area contributed by atoms with Crippen LogP contribution in [0.1, 0.15) is 25.5 Å². The molecular formula is C14H14Cl2N2O2S. The van der Waals surface area contributed by atoms with Gasteiger partial charge in [-0.1, -0.05) is 35.3 Å². The monoisotopic (exact) mass is 344 g/mol. The summed E-state index contributed by atoms with van der Waals surface area (Å²) in [6, 6.07) is 4.76. The van der Waals surface area contributed by atoms with E-state index in [0.29, 0.717) is 32.0 Å². The second-order valence-electron chi connectivity index (χ2n) is 4.43. The molecule has 0 unspecified atom stereocenters. The zero-order valence-corrected chi connectivity index (χ0v) is 13.8. The van der Waals surface area contributed by atoms with E-state index >= 15 is 0 Å². The molecule has 0 amide bonds. The average Bonchev–Trinajstić information content (AvgIpc) is 2.41. The Balaban J connectivity index is 2.52. The van der Waals surface area contributed by atoms with Crippen molar-refractivity contribution in [1.29, 1.82) is 0 Å². The van der Waals surface area contributed by atoms with E-state index in [0.717, 1.165) is 0 Å². The molecular weight excluding hydrogens is 331 g/mol. The summed E-state index contributed by atoms with van der Waals surface area (Å²) in [4.78, 5) is 12.2. The van der Waals surface area contributed by atoms with Crippen molar-refractivity contribution >= 4 is 46.5 Å². The van der Waals surface area contributed by atoms with Crippen molar-refractivity contribution < 1.29 is 9.53 Å². The third kappa shape index (κ3) is 3.31. The van der Waals surface area contributed by atoms with Crippen LogP contribution in [0, 0.1) is 0 Å². The maximum Gasteiger partial charge on any atom is 0.338 e. The summed E-state index contributed by atoms with van der Waals surface area (Å²) in [6.45, 7) is 3.81. The first-order valence-electron chi connectivity index (χ1n) is 6.35. The van der Waals surface area contributed by atoms with Crippen molar-refractivity contribution in [3.63, 3.8) is 0 Å². The van der Waals surface area contributed by atoms with Crippen LogP contribution >= 0.6 is 35.4 Å². The Morgan fingerprint density at radius 2 is 2.14 bits per heavy atom. The molecule has 7 heteroatoms. The molecule has 0 bridgehead atoms.